The van der Waals surface area contributed by atoms with E-state index < -0.39 is 0 Å². The molecule has 2 N–H and O–H groups in total. The molecule has 1 unspecified atom stereocenters. The number of nitrogens with zero attached hydrogens (tertiary/aromatic N) is 2. The maximum Gasteiger partial charge on any atom is 0.227 e. The monoisotopic (exact) mass is 254 g/mol. The van der Waals surface area contributed by atoms with Crippen LogP contribution in [0.15, 0.2) is 0 Å². The lowest BCUT2D eigenvalue weighted by Crippen LogP contribution is -2.31. The molecule has 0 spiro atoms. The lowest BCUT2D eigenvalue weighted by molar-refractivity contribution is -0.120. The zero-order chi connectivity index (χ0) is 11.8. The summed E-state index contributed by atoms with van der Waals surface area (Å²) in [5, 5.41) is 15.3. The van der Waals surface area contributed by atoms with Crippen LogP contribution in [-0.4, -0.2) is 42.4 Å². The normalized spacial score (nSPS) is 29.8. The molecule has 7 heteroatoms. The van der Waals surface area contributed by atoms with Gasteiger partial charge in [0, 0.05) is 24.9 Å². The number of aromatic nitrogens is 2. The first-order valence-electron chi connectivity index (χ1n) is 5.65. The third kappa shape index (κ3) is 2.12. The van der Waals surface area contributed by atoms with E-state index in [0.29, 0.717) is 24.3 Å². The van der Waals surface area contributed by atoms with Crippen LogP contribution in [0.2, 0.25) is 0 Å². The minimum absolute atomic E-state index is 0.0307. The molecule has 1 amide bonds. The second-order valence-corrected chi connectivity index (χ2v) is 5.45. The van der Waals surface area contributed by atoms with E-state index in [1.54, 1.807) is 7.05 Å². The molecule has 2 heterocycles. The summed E-state index contributed by atoms with van der Waals surface area (Å²) < 4.78 is 5.27. The zero-order valence-corrected chi connectivity index (χ0v) is 10.3. The fourth-order valence-electron chi connectivity index (χ4n) is 2.25. The first kappa shape index (κ1) is 10.9. The van der Waals surface area contributed by atoms with Crippen LogP contribution in [-0.2, 0) is 16.0 Å². The number of fused-ring (bicyclic) bond motifs is 1. The van der Waals surface area contributed by atoms with E-state index in [9.17, 15) is 4.79 Å². The predicted octanol–water partition coefficient (Wildman–Crippen LogP) is -0.117. The molecule has 2 fully saturated rings. The van der Waals surface area contributed by atoms with Gasteiger partial charge in [0.1, 0.15) is 5.01 Å². The van der Waals surface area contributed by atoms with Gasteiger partial charge in [-0.25, -0.2) is 0 Å². The van der Waals surface area contributed by atoms with Crippen molar-refractivity contribution in [2.24, 2.45) is 11.8 Å². The third-order valence-corrected chi connectivity index (χ3v) is 4.21. The molecular formula is C10H14N4O2S. The highest BCUT2D eigenvalue weighted by molar-refractivity contribution is 7.15. The molecule has 92 valence electrons. The third-order valence-electron chi connectivity index (χ3n) is 3.27. The maximum absolute atomic E-state index is 11.8. The number of anilines is 1. The molecule has 3 atom stereocenters. The Morgan fingerprint density at radius 2 is 2.24 bits per heavy atom. The number of rotatable bonds is 4. The van der Waals surface area contributed by atoms with E-state index in [-0.39, 0.29) is 5.91 Å². The van der Waals surface area contributed by atoms with Gasteiger partial charge < -0.3 is 15.4 Å². The fourth-order valence-corrected chi connectivity index (χ4v) is 2.95. The van der Waals surface area contributed by atoms with Crippen LogP contribution < -0.4 is 10.6 Å². The smallest absolute Gasteiger partial charge is 0.227 e. The Morgan fingerprint density at radius 3 is 2.88 bits per heavy atom. The summed E-state index contributed by atoms with van der Waals surface area (Å²) in [7, 11) is 1.79. The molecule has 17 heavy (non-hydrogen) atoms. The molecule has 0 radical (unpaired) electrons. The van der Waals surface area contributed by atoms with Crippen LogP contribution in [0.5, 0.6) is 0 Å². The van der Waals surface area contributed by atoms with Crippen molar-refractivity contribution in [2.45, 2.75) is 12.5 Å². The van der Waals surface area contributed by atoms with E-state index in [2.05, 4.69) is 20.8 Å². The molecule has 1 aliphatic heterocycles. The molecular weight excluding hydrogens is 240 g/mol. The number of carbonyl (C=O) groups is 1. The quantitative estimate of drug-likeness (QED) is 0.783. The highest BCUT2D eigenvalue weighted by atomic mass is 32.1. The molecule has 1 saturated carbocycles. The molecule has 1 saturated heterocycles. The standard InChI is InChI=1S/C10H14N4O2S/c1-11-10-14-13-8(17-10)2-7(15)12-9-5-3-16-4-6(5)9/h5-6,9H,2-4H2,1H3,(H,11,14)(H,12,15)/t5-,6+,9?. The summed E-state index contributed by atoms with van der Waals surface area (Å²) in [6, 6.07) is 0.327. The number of amides is 1. The second kappa shape index (κ2) is 4.23. The first-order chi connectivity index (χ1) is 8.28. The van der Waals surface area contributed by atoms with Crippen LogP contribution >= 0.6 is 11.3 Å². The Bertz CT molecular complexity index is 426. The van der Waals surface area contributed by atoms with Gasteiger partial charge in [-0.1, -0.05) is 11.3 Å². The lowest BCUT2D eigenvalue weighted by Gasteiger charge is -2.05. The van der Waals surface area contributed by atoms with Gasteiger partial charge in [0.15, 0.2) is 0 Å². The largest absolute Gasteiger partial charge is 0.381 e. The Balaban J connectivity index is 1.50. The zero-order valence-electron chi connectivity index (χ0n) is 9.47. The highest BCUT2D eigenvalue weighted by Crippen LogP contribution is 2.44. The van der Waals surface area contributed by atoms with Gasteiger partial charge in [0.25, 0.3) is 0 Å². The lowest BCUT2D eigenvalue weighted by atomic mass is 10.4. The van der Waals surface area contributed by atoms with Crippen LogP contribution in [0.4, 0.5) is 5.13 Å². The van der Waals surface area contributed by atoms with Gasteiger partial charge in [-0.2, -0.15) is 0 Å². The minimum Gasteiger partial charge on any atom is -0.381 e. The van der Waals surface area contributed by atoms with Gasteiger partial charge in [-0.3, -0.25) is 4.79 Å². The van der Waals surface area contributed by atoms with Crippen molar-refractivity contribution in [3.05, 3.63) is 5.01 Å². The fraction of sp³-hybridized carbons (Fsp3) is 0.700. The number of carbonyl (C=O) groups excluding carboxylic acids is 1. The van der Waals surface area contributed by atoms with E-state index >= 15 is 0 Å². The average Bonchev–Trinajstić information content (AvgIpc) is 2.78. The van der Waals surface area contributed by atoms with Crippen molar-refractivity contribution in [2.75, 3.05) is 25.6 Å². The van der Waals surface area contributed by atoms with Gasteiger partial charge in [0.05, 0.1) is 19.6 Å². The summed E-state index contributed by atoms with van der Waals surface area (Å²) in [5.74, 6) is 1.12. The SMILES string of the molecule is CNc1nnc(CC(=O)NC2[C@H]3COC[C@@H]23)s1. The van der Waals surface area contributed by atoms with Crippen LogP contribution in [0.1, 0.15) is 5.01 Å². The number of hydrogen-bond donors (Lipinski definition) is 2. The number of ether oxygens (including phenoxy) is 1. The Morgan fingerprint density at radius 1 is 1.47 bits per heavy atom. The minimum atomic E-state index is 0.0307. The predicted molar refractivity (Wildman–Crippen MR) is 62.9 cm³/mol. The highest BCUT2D eigenvalue weighted by Gasteiger charge is 2.54. The molecule has 1 aromatic heterocycles. The van der Waals surface area contributed by atoms with E-state index in [1.807, 2.05) is 0 Å². The topological polar surface area (TPSA) is 76.1 Å². The molecule has 2 aliphatic rings. The number of hydrogen-bond acceptors (Lipinski definition) is 6. The summed E-state index contributed by atoms with van der Waals surface area (Å²) >= 11 is 1.41. The van der Waals surface area contributed by atoms with Gasteiger partial charge in [-0.05, 0) is 0 Å². The summed E-state index contributed by atoms with van der Waals surface area (Å²) in [5.41, 5.74) is 0. The number of nitrogens with one attached hydrogen (secondary N) is 2. The second-order valence-electron chi connectivity index (χ2n) is 4.39. The molecule has 3 rings (SSSR count). The van der Waals surface area contributed by atoms with Crippen LogP contribution in [0.3, 0.4) is 0 Å². The van der Waals surface area contributed by atoms with Crippen molar-refractivity contribution in [1.29, 1.82) is 0 Å². The van der Waals surface area contributed by atoms with E-state index in [0.717, 1.165) is 23.4 Å². The van der Waals surface area contributed by atoms with Crippen molar-refractivity contribution in [3.63, 3.8) is 0 Å². The Hall–Kier alpha value is -1.21. The summed E-state index contributed by atoms with van der Waals surface area (Å²) in [6.45, 7) is 1.58. The van der Waals surface area contributed by atoms with Gasteiger partial charge in [0.2, 0.25) is 11.0 Å². The van der Waals surface area contributed by atoms with Crippen LogP contribution in [0.25, 0.3) is 0 Å². The van der Waals surface area contributed by atoms with E-state index in [4.69, 9.17) is 4.74 Å². The maximum atomic E-state index is 11.8. The Labute approximate surface area is 103 Å². The molecule has 1 aromatic rings. The van der Waals surface area contributed by atoms with Crippen LogP contribution in [0, 0.1) is 11.8 Å². The average molecular weight is 254 g/mol. The van der Waals surface area contributed by atoms with Crippen molar-refractivity contribution in [3.8, 4) is 0 Å². The van der Waals surface area contributed by atoms with Gasteiger partial charge >= 0.3 is 0 Å². The molecule has 0 bridgehead atoms. The molecule has 1 aliphatic carbocycles. The Kier molecular flexibility index (Phi) is 2.71. The van der Waals surface area contributed by atoms with Crippen molar-refractivity contribution in [1.82, 2.24) is 15.5 Å². The van der Waals surface area contributed by atoms with Gasteiger partial charge in [-0.15, -0.1) is 10.2 Å². The summed E-state index contributed by atoms with van der Waals surface area (Å²) in [6.07, 6.45) is 0.316. The molecule has 0 aromatic carbocycles. The van der Waals surface area contributed by atoms with Crippen molar-refractivity contribution < 1.29 is 9.53 Å². The molecule has 6 nitrogen and oxygen atoms in total. The van der Waals surface area contributed by atoms with Crippen molar-refractivity contribution >= 4 is 22.4 Å². The first-order valence-corrected chi connectivity index (χ1v) is 6.47. The van der Waals surface area contributed by atoms with E-state index in [1.165, 1.54) is 11.3 Å². The summed E-state index contributed by atoms with van der Waals surface area (Å²) in [4.78, 5) is 11.8.